The molecule has 0 aliphatic rings. The highest BCUT2D eigenvalue weighted by molar-refractivity contribution is 7.92. The molecule has 7 nitrogen and oxygen atoms in total. The van der Waals surface area contributed by atoms with E-state index in [0.717, 1.165) is 26.6 Å². The lowest BCUT2D eigenvalue weighted by molar-refractivity contribution is -0.140. The van der Waals surface area contributed by atoms with Gasteiger partial charge in [-0.15, -0.1) is 0 Å². The van der Waals surface area contributed by atoms with Gasteiger partial charge in [0.25, 0.3) is 10.0 Å². The number of halogens is 1. The molecular formula is C35H38ClN3O4S. The van der Waals surface area contributed by atoms with E-state index in [1.165, 1.54) is 4.90 Å². The van der Waals surface area contributed by atoms with E-state index in [2.05, 4.69) is 5.32 Å². The molecule has 0 aliphatic carbocycles. The van der Waals surface area contributed by atoms with Crippen LogP contribution in [0.25, 0.3) is 0 Å². The van der Waals surface area contributed by atoms with E-state index >= 15 is 0 Å². The normalized spacial score (nSPS) is 11.9. The number of amides is 2. The Hall–Kier alpha value is -4.14. The van der Waals surface area contributed by atoms with Crippen molar-refractivity contribution < 1.29 is 18.0 Å². The van der Waals surface area contributed by atoms with Gasteiger partial charge in [-0.3, -0.25) is 13.9 Å². The van der Waals surface area contributed by atoms with Crippen molar-refractivity contribution >= 4 is 39.1 Å². The molecular weight excluding hydrogens is 594 g/mol. The van der Waals surface area contributed by atoms with Gasteiger partial charge in [0.2, 0.25) is 11.8 Å². The van der Waals surface area contributed by atoms with Crippen molar-refractivity contribution in [1.82, 2.24) is 10.2 Å². The number of benzene rings is 4. The number of hydrogen-bond donors (Lipinski definition) is 1. The lowest BCUT2D eigenvalue weighted by Gasteiger charge is -2.34. The van der Waals surface area contributed by atoms with Crippen LogP contribution in [-0.2, 0) is 32.6 Å². The van der Waals surface area contributed by atoms with Crippen LogP contribution in [0, 0.1) is 20.8 Å². The SMILES string of the molecule is CCNC(=O)[C@H](Cc1ccccc1)N(Cc1ccccc1Cl)C(=O)CN(c1cc(C)cc(C)c1)S(=O)(=O)c1ccc(C)cc1. The van der Waals surface area contributed by atoms with E-state index in [-0.39, 0.29) is 23.8 Å². The summed E-state index contributed by atoms with van der Waals surface area (Å²) in [5, 5.41) is 3.31. The summed E-state index contributed by atoms with van der Waals surface area (Å²) in [6.07, 6.45) is 0.233. The zero-order valence-electron chi connectivity index (χ0n) is 25.5. The summed E-state index contributed by atoms with van der Waals surface area (Å²) < 4.78 is 29.5. The van der Waals surface area contributed by atoms with Crippen LogP contribution in [-0.4, -0.2) is 44.3 Å². The van der Waals surface area contributed by atoms with Gasteiger partial charge in [0.1, 0.15) is 12.6 Å². The molecule has 2 amide bonds. The van der Waals surface area contributed by atoms with E-state index in [1.54, 1.807) is 54.6 Å². The fourth-order valence-corrected chi connectivity index (χ4v) is 6.71. The number of aryl methyl sites for hydroxylation is 3. The van der Waals surface area contributed by atoms with Crippen molar-refractivity contribution in [3.05, 3.63) is 130 Å². The molecule has 44 heavy (non-hydrogen) atoms. The molecule has 0 heterocycles. The van der Waals surface area contributed by atoms with Gasteiger partial charge in [-0.2, -0.15) is 0 Å². The summed E-state index contributed by atoms with van der Waals surface area (Å²) in [5.74, 6) is -0.872. The van der Waals surface area contributed by atoms with Crippen LogP contribution in [0.3, 0.4) is 0 Å². The molecule has 0 aromatic heterocycles. The van der Waals surface area contributed by atoms with Crippen molar-refractivity contribution in [3.63, 3.8) is 0 Å². The minimum absolute atomic E-state index is 0.0123. The number of likely N-dealkylation sites (N-methyl/N-ethyl adjacent to an activating group) is 1. The summed E-state index contributed by atoms with van der Waals surface area (Å²) in [7, 11) is -4.17. The lowest BCUT2D eigenvalue weighted by Crippen LogP contribution is -2.53. The maximum Gasteiger partial charge on any atom is 0.264 e. The molecule has 1 atom stereocenters. The van der Waals surface area contributed by atoms with Crippen LogP contribution in [0.4, 0.5) is 5.69 Å². The predicted octanol–water partition coefficient (Wildman–Crippen LogP) is 6.24. The summed E-state index contributed by atoms with van der Waals surface area (Å²) in [5.41, 5.74) is 4.49. The Balaban J connectivity index is 1.83. The highest BCUT2D eigenvalue weighted by Crippen LogP contribution is 2.28. The molecule has 0 saturated heterocycles. The maximum absolute atomic E-state index is 14.5. The molecule has 0 saturated carbocycles. The Morgan fingerprint density at radius 1 is 0.818 bits per heavy atom. The first-order valence-corrected chi connectivity index (χ1v) is 16.3. The molecule has 1 N–H and O–H groups in total. The van der Waals surface area contributed by atoms with Crippen LogP contribution in [0.15, 0.2) is 102 Å². The van der Waals surface area contributed by atoms with Gasteiger partial charge in [0, 0.05) is 24.5 Å². The highest BCUT2D eigenvalue weighted by Gasteiger charge is 2.35. The van der Waals surface area contributed by atoms with Gasteiger partial charge < -0.3 is 10.2 Å². The largest absolute Gasteiger partial charge is 0.355 e. The molecule has 4 rings (SSSR count). The average molecular weight is 632 g/mol. The number of sulfonamides is 1. The number of nitrogens with zero attached hydrogens (tertiary/aromatic N) is 2. The van der Waals surface area contributed by atoms with E-state index in [0.29, 0.717) is 22.8 Å². The summed E-state index contributed by atoms with van der Waals surface area (Å²) in [4.78, 5) is 29.6. The van der Waals surface area contributed by atoms with Crippen molar-refractivity contribution in [2.24, 2.45) is 0 Å². The predicted molar refractivity (Wildman–Crippen MR) is 176 cm³/mol. The van der Waals surface area contributed by atoms with Gasteiger partial charge in [0.05, 0.1) is 10.6 Å². The molecule has 0 bridgehead atoms. The number of carbonyl (C=O) groups excluding carboxylic acids is 2. The quantitative estimate of drug-likeness (QED) is 0.201. The molecule has 4 aromatic rings. The molecule has 230 valence electrons. The Labute approximate surface area is 265 Å². The van der Waals surface area contributed by atoms with E-state index in [9.17, 15) is 18.0 Å². The fraction of sp³-hybridized carbons (Fsp3) is 0.257. The summed E-state index contributed by atoms with van der Waals surface area (Å²) >= 11 is 6.54. The van der Waals surface area contributed by atoms with E-state index in [4.69, 9.17) is 11.6 Å². The Kier molecular flexibility index (Phi) is 10.8. The third kappa shape index (κ3) is 8.07. The minimum Gasteiger partial charge on any atom is -0.355 e. The molecule has 9 heteroatoms. The van der Waals surface area contributed by atoms with Gasteiger partial charge in [-0.05, 0) is 80.3 Å². The number of anilines is 1. The van der Waals surface area contributed by atoms with E-state index < -0.39 is 28.5 Å². The van der Waals surface area contributed by atoms with Crippen LogP contribution >= 0.6 is 11.6 Å². The minimum atomic E-state index is -4.17. The maximum atomic E-state index is 14.5. The topological polar surface area (TPSA) is 86.8 Å². The van der Waals surface area contributed by atoms with Crippen molar-refractivity contribution in [1.29, 1.82) is 0 Å². The van der Waals surface area contributed by atoms with Crippen LogP contribution in [0.2, 0.25) is 5.02 Å². The fourth-order valence-electron chi connectivity index (χ4n) is 5.12. The van der Waals surface area contributed by atoms with Gasteiger partial charge in [-0.1, -0.05) is 83.9 Å². The zero-order chi connectivity index (χ0) is 31.9. The third-order valence-corrected chi connectivity index (χ3v) is 9.46. The first-order valence-electron chi connectivity index (χ1n) is 14.5. The molecule has 0 radical (unpaired) electrons. The summed E-state index contributed by atoms with van der Waals surface area (Å²) in [6.45, 7) is 7.31. The first-order chi connectivity index (χ1) is 21.0. The van der Waals surface area contributed by atoms with E-state index in [1.807, 2.05) is 70.2 Å². The summed E-state index contributed by atoms with van der Waals surface area (Å²) in [6, 6.07) is 27.6. The molecule has 4 aromatic carbocycles. The first kappa shape index (κ1) is 32.8. The molecule has 0 unspecified atom stereocenters. The van der Waals surface area contributed by atoms with Crippen LogP contribution < -0.4 is 9.62 Å². The number of carbonyl (C=O) groups is 2. The zero-order valence-corrected chi connectivity index (χ0v) is 27.0. The van der Waals surface area contributed by atoms with Gasteiger partial charge in [0.15, 0.2) is 0 Å². The number of nitrogens with one attached hydrogen (secondary N) is 1. The third-order valence-electron chi connectivity index (χ3n) is 7.30. The van der Waals surface area contributed by atoms with Crippen LogP contribution in [0.5, 0.6) is 0 Å². The second-order valence-corrected chi connectivity index (χ2v) is 13.2. The standard InChI is InChI=1S/C35H38ClN3O4S/c1-5-37-35(41)33(22-28-11-7-6-8-12-28)38(23-29-13-9-10-14-32(29)36)34(40)24-39(30-20-26(3)19-27(4)21-30)44(42,43)31-17-15-25(2)16-18-31/h6-21,33H,5,22-24H2,1-4H3,(H,37,41)/t33-/m0/s1. The number of rotatable bonds is 12. The molecule has 0 aliphatic heterocycles. The Morgan fingerprint density at radius 3 is 2.05 bits per heavy atom. The Bertz CT molecular complexity index is 1690. The van der Waals surface area contributed by atoms with Crippen molar-refractivity contribution in [2.45, 2.75) is 51.6 Å². The Morgan fingerprint density at radius 2 is 1.43 bits per heavy atom. The van der Waals surface area contributed by atoms with Crippen LogP contribution in [0.1, 0.15) is 34.7 Å². The second-order valence-electron chi connectivity index (χ2n) is 10.9. The number of hydrogen-bond acceptors (Lipinski definition) is 4. The average Bonchev–Trinajstić information content (AvgIpc) is 2.98. The second kappa shape index (κ2) is 14.6. The van der Waals surface area contributed by atoms with Gasteiger partial charge >= 0.3 is 0 Å². The van der Waals surface area contributed by atoms with Crippen molar-refractivity contribution in [2.75, 3.05) is 17.4 Å². The van der Waals surface area contributed by atoms with Gasteiger partial charge in [-0.25, -0.2) is 8.42 Å². The molecule has 0 spiro atoms. The smallest absolute Gasteiger partial charge is 0.264 e. The monoisotopic (exact) mass is 631 g/mol. The lowest BCUT2D eigenvalue weighted by atomic mass is 10.0. The van der Waals surface area contributed by atoms with Crippen molar-refractivity contribution in [3.8, 4) is 0 Å². The molecule has 0 fully saturated rings. The highest BCUT2D eigenvalue weighted by atomic mass is 35.5.